The van der Waals surface area contributed by atoms with Crippen LogP contribution in [0.2, 0.25) is 0 Å². The topological polar surface area (TPSA) is 73.0 Å². The van der Waals surface area contributed by atoms with Crippen molar-refractivity contribution in [3.05, 3.63) is 0 Å². The molecule has 0 aromatic heterocycles. The number of nitrogens with one attached hydrogen (secondary N) is 1. The normalized spacial score (nSPS) is 36.0. The minimum absolute atomic E-state index is 0.00331. The van der Waals surface area contributed by atoms with Crippen LogP contribution >= 0.6 is 0 Å². The molecule has 0 aromatic rings. The molecule has 6 aliphatic rings. The molecular formula is C24H38N4O3. The molecule has 31 heavy (non-hydrogen) atoms. The summed E-state index contributed by atoms with van der Waals surface area (Å²) in [4.78, 5) is 44.7. The second-order valence-corrected chi connectivity index (χ2v) is 11.2. The minimum atomic E-state index is -0.197. The van der Waals surface area contributed by atoms with Gasteiger partial charge in [0.25, 0.3) is 0 Å². The third-order valence-corrected chi connectivity index (χ3v) is 8.93. The molecule has 0 unspecified atom stereocenters. The van der Waals surface area contributed by atoms with Crippen LogP contribution in [0.15, 0.2) is 0 Å². The van der Waals surface area contributed by atoms with Crippen LogP contribution in [0.25, 0.3) is 0 Å². The Balaban J connectivity index is 1.07. The second-order valence-electron chi connectivity index (χ2n) is 11.2. The van der Waals surface area contributed by atoms with Crippen LogP contribution in [0.1, 0.15) is 51.4 Å². The highest BCUT2D eigenvalue weighted by Crippen LogP contribution is 2.60. The molecule has 2 heterocycles. The quantitative estimate of drug-likeness (QED) is 0.730. The van der Waals surface area contributed by atoms with Crippen LogP contribution in [-0.4, -0.2) is 85.3 Å². The molecule has 7 nitrogen and oxygen atoms in total. The van der Waals surface area contributed by atoms with Crippen molar-refractivity contribution in [3.63, 3.8) is 0 Å². The number of piperazine rings is 1. The molecule has 0 aromatic carbocycles. The van der Waals surface area contributed by atoms with Gasteiger partial charge in [-0.05, 0) is 76.2 Å². The van der Waals surface area contributed by atoms with Crippen molar-refractivity contribution < 1.29 is 14.4 Å². The van der Waals surface area contributed by atoms with E-state index in [1.54, 1.807) is 0 Å². The van der Waals surface area contributed by atoms with Crippen LogP contribution < -0.4 is 5.32 Å². The summed E-state index contributed by atoms with van der Waals surface area (Å²) in [5, 5.41) is 3.02. The second kappa shape index (κ2) is 8.38. The van der Waals surface area contributed by atoms with Crippen molar-refractivity contribution in [2.45, 2.75) is 51.4 Å². The predicted molar refractivity (Wildman–Crippen MR) is 117 cm³/mol. The Bertz CT molecular complexity index is 687. The first-order chi connectivity index (χ1) is 14.9. The number of piperidine rings is 1. The minimum Gasteiger partial charge on any atom is -0.347 e. The van der Waals surface area contributed by atoms with Crippen LogP contribution in [0.5, 0.6) is 0 Å². The molecule has 0 atom stereocenters. The van der Waals surface area contributed by atoms with Gasteiger partial charge in [0.15, 0.2) is 0 Å². The molecule has 4 saturated carbocycles. The molecule has 7 heteroatoms. The average Bonchev–Trinajstić information content (AvgIpc) is 2.76. The third-order valence-electron chi connectivity index (χ3n) is 8.93. The Morgan fingerprint density at radius 3 is 1.90 bits per heavy atom. The number of carbonyl (C=O) groups is 3. The Labute approximate surface area is 185 Å². The van der Waals surface area contributed by atoms with Gasteiger partial charge in [-0.25, -0.2) is 0 Å². The maximum atomic E-state index is 13.1. The molecule has 3 amide bonds. The van der Waals surface area contributed by atoms with E-state index < -0.39 is 0 Å². The average molecular weight is 431 g/mol. The SMILES string of the molecule is CN1CCN(C(=O)C2CCN(C(=O)CNC(=O)C34CC5CC(CC(C5)C3)C4)CC2)CC1. The lowest BCUT2D eigenvalue weighted by molar-refractivity contribution is -0.148. The van der Waals surface area contributed by atoms with E-state index in [1.165, 1.54) is 19.3 Å². The van der Waals surface area contributed by atoms with Crippen molar-refractivity contribution in [2.75, 3.05) is 52.9 Å². The van der Waals surface area contributed by atoms with Gasteiger partial charge >= 0.3 is 0 Å². The van der Waals surface area contributed by atoms with Crippen molar-refractivity contribution in [1.29, 1.82) is 0 Å². The molecule has 0 radical (unpaired) electrons. The number of hydrogen-bond donors (Lipinski definition) is 1. The summed E-state index contributed by atoms with van der Waals surface area (Å²) in [6.07, 6.45) is 8.49. The molecule has 6 fully saturated rings. The van der Waals surface area contributed by atoms with Crippen molar-refractivity contribution in [1.82, 2.24) is 20.0 Å². The van der Waals surface area contributed by atoms with Gasteiger partial charge in [0.05, 0.1) is 6.54 Å². The number of hydrogen-bond acceptors (Lipinski definition) is 4. The van der Waals surface area contributed by atoms with E-state index in [0.717, 1.165) is 76.0 Å². The molecular weight excluding hydrogens is 392 g/mol. The Hall–Kier alpha value is -1.63. The largest absolute Gasteiger partial charge is 0.347 e. The summed E-state index contributed by atoms with van der Waals surface area (Å²) >= 11 is 0. The van der Waals surface area contributed by atoms with Crippen molar-refractivity contribution in [3.8, 4) is 0 Å². The maximum Gasteiger partial charge on any atom is 0.241 e. The fourth-order valence-electron chi connectivity index (χ4n) is 7.50. The number of amides is 3. The highest BCUT2D eigenvalue weighted by molar-refractivity contribution is 5.88. The lowest BCUT2D eigenvalue weighted by Crippen LogP contribution is -2.55. The van der Waals surface area contributed by atoms with Gasteiger partial charge < -0.3 is 20.0 Å². The first-order valence-corrected chi connectivity index (χ1v) is 12.5. The van der Waals surface area contributed by atoms with E-state index in [1.807, 2.05) is 9.80 Å². The van der Waals surface area contributed by atoms with E-state index in [0.29, 0.717) is 13.1 Å². The van der Waals surface area contributed by atoms with Gasteiger partial charge in [0.2, 0.25) is 17.7 Å². The number of rotatable bonds is 4. The van der Waals surface area contributed by atoms with Crippen LogP contribution in [0.3, 0.4) is 0 Å². The Morgan fingerprint density at radius 1 is 0.806 bits per heavy atom. The van der Waals surface area contributed by atoms with E-state index in [9.17, 15) is 14.4 Å². The van der Waals surface area contributed by atoms with E-state index in [4.69, 9.17) is 0 Å². The third kappa shape index (κ3) is 4.22. The lowest BCUT2D eigenvalue weighted by Gasteiger charge is -2.55. The fourth-order valence-corrected chi connectivity index (χ4v) is 7.50. The zero-order valence-corrected chi connectivity index (χ0v) is 19.0. The smallest absolute Gasteiger partial charge is 0.241 e. The van der Waals surface area contributed by atoms with Crippen LogP contribution in [-0.2, 0) is 14.4 Å². The predicted octanol–water partition coefficient (Wildman–Crippen LogP) is 1.33. The summed E-state index contributed by atoms with van der Waals surface area (Å²) in [6, 6.07) is 0. The van der Waals surface area contributed by atoms with Crippen LogP contribution in [0.4, 0.5) is 0 Å². The van der Waals surface area contributed by atoms with Gasteiger partial charge in [-0.1, -0.05) is 0 Å². The summed E-state index contributed by atoms with van der Waals surface area (Å²) in [6.45, 7) is 4.85. The molecule has 4 bridgehead atoms. The summed E-state index contributed by atoms with van der Waals surface area (Å²) in [5.74, 6) is 2.60. The fraction of sp³-hybridized carbons (Fsp3) is 0.875. The van der Waals surface area contributed by atoms with Gasteiger partial charge in [-0.15, -0.1) is 0 Å². The van der Waals surface area contributed by atoms with Gasteiger partial charge in [-0.2, -0.15) is 0 Å². The Kier molecular flexibility index (Phi) is 5.74. The van der Waals surface area contributed by atoms with E-state index >= 15 is 0 Å². The van der Waals surface area contributed by atoms with Gasteiger partial charge in [-0.3, -0.25) is 14.4 Å². The summed E-state index contributed by atoms with van der Waals surface area (Å²) < 4.78 is 0. The molecule has 4 aliphatic carbocycles. The lowest BCUT2D eigenvalue weighted by atomic mass is 9.49. The first-order valence-electron chi connectivity index (χ1n) is 12.5. The van der Waals surface area contributed by atoms with Crippen molar-refractivity contribution in [2.24, 2.45) is 29.1 Å². The van der Waals surface area contributed by atoms with Gasteiger partial charge in [0.1, 0.15) is 0 Å². The zero-order valence-electron chi connectivity index (χ0n) is 19.0. The highest BCUT2D eigenvalue weighted by Gasteiger charge is 2.54. The highest BCUT2D eigenvalue weighted by atomic mass is 16.2. The maximum absolute atomic E-state index is 13.1. The standard InChI is InChI=1S/C24H38N4O3/c1-26-6-8-28(9-7-26)22(30)20-2-4-27(5-3-20)21(29)16-25-23(31)24-13-17-10-18(14-24)12-19(11-17)15-24/h17-20H,2-16H2,1H3,(H,25,31). The molecule has 6 rings (SSSR count). The zero-order chi connectivity index (χ0) is 21.6. The van der Waals surface area contributed by atoms with Gasteiger partial charge in [0, 0.05) is 50.6 Å². The van der Waals surface area contributed by atoms with Crippen molar-refractivity contribution >= 4 is 17.7 Å². The van der Waals surface area contributed by atoms with E-state index in [-0.39, 0.29) is 35.6 Å². The summed E-state index contributed by atoms with van der Waals surface area (Å²) in [5.41, 5.74) is -0.197. The molecule has 2 aliphatic heterocycles. The summed E-state index contributed by atoms with van der Waals surface area (Å²) in [7, 11) is 2.09. The van der Waals surface area contributed by atoms with Crippen LogP contribution in [0, 0.1) is 29.1 Å². The number of carbonyl (C=O) groups excluding carboxylic acids is 3. The molecule has 0 spiro atoms. The molecule has 2 saturated heterocycles. The molecule has 172 valence electrons. The monoisotopic (exact) mass is 430 g/mol. The first kappa shape index (κ1) is 21.2. The van der Waals surface area contributed by atoms with E-state index in [2.05, 4.69) is 17.3 Å². The number of nitrogens with zero attached hydrogens (tertiary/aromatic N) is 3. The number of likely N-dealkylation sites (N-methyl/N-ethyl adjacent to an activating group) is 1. The molecule has 1 N–H and O–H groups in total. The number of likely N-dealkylation sites (tertiary alicyclic amines) is 1. The Morgan fingerprint density at radius 2 is 1.35 bits per heavy atom.